The SMILES string of the molecule is COc1cc(C(=O)NCCCN2CCOCC2)ccc1-c1nc2c(C)cccc2[nH]1. The standard InChI is InChI=1S/C23H28N4O3/c1-16-5-3-6-19-21(16)26-22(25-19)18-8-7-17(15-20(18)29-2)23(28)24-9-4-10-27-11-13-30-14-12-27/h3,5-8,15H,4,9-14H2,1-2H3,(H,24,28)(H,25,26). The number of morpholine rings is 1. The van der Waals surface area contributed by atoms with Gasteiger partial charge in [0, 0.05) is 25.2 Å². The molecule has 1 fully saturated rings. The van der Waals surface area contributed by atoms with E-state index in [1.807, 2.05) is 37.3 Å². The van der Waals surface area contributed by atoms with Crippen LogP contribution in [-0.4, -0.2) is 67.3 Å². The minimum Gasteiger partial charge on any atom is -0.496 e. The highest BCUT2D eigenvalue weighted by molar-refractivity contribution is 5.95. The van der Waals surface area contributed by atoms with Gasteiger partial charge in [0.1, 0.15) is 11.6 Å². The van der Waals surface area contributed by atoms with Crippen LogP contribution in [0.3, 0.4) is 0 Å². The molecule has 1 amide bonds. The van der Waals surface area contributed by atoms with E-state index in [1.54, 1.807) is 13.2 Å². The van der Waals surface area contributed by atoms with E-state index in [9.17, 15) is 4.79 Å². The van der Waals surface area contributed by atoms with E-state index >= 15 is 0 Å². The van der Waals surface area contributed by atoms with E-state index in [-0.39, 0.29) is 5.91 Å². The fourth-order valence-corrected chi connectivity index (χ4v) is 3.76. The first-order chi connectivity index (χ1) is 14.7. The first kappa shape index (κ1) is 20.4. The van der Waals surface area contributed by atoms with Crippen molar-refractivity contribution in [2.45, 2.75) is 13.3 Å². The number of fused-ring (bicyclic) bond motifs is 1. The summed E-state index contributed by atoms with van der Waals surface area (Å²) in [6, 6.07) is 11.5. The van der Waals surface area contributed by atoms with E-state index < -0.39 is 0 Å². The second-order valence-corrected chi connectivity index (χ2v) is 7.54. The number of nitrogens with zero attached hydrogens (tertiary/aromatic N) is 2. The number of imidazole rings is 1. The third-order valence-corrected chi connectivity index (χ3v) is 5.47. The number of aromatic nitrogens is 2. The van der Waals surface area contributed by atoms with Crippen LogP contribution in [0.1, 0.15) is 22.3 Å². The van der Waals surface area contributed by atoms with Crippen molar-refractivity contribution in [3.8, 4) is 17.1 Å². The number of hydrogen-bond acceptors (Lipinski definition) is 5. The first-order valence-corrected chi connectivity index (χ1v) is 10.4. The molecule has 1 aliphatic heterocycles. The molecule has 0 bridgehead atoms. The van der Waals surface area contributed by atoms with Crippen LogP contribution in [0.15, 0.2) is 36.4 Å². The Balaban J connectivity index is 1.42. The molecular formula is C23H28N4O3. The lowest BCUT2D eigenvalue weighted by molar-refractivity contribution is 0.0374. The summed E-state index contributed by atoms with van der Waals surface area (Å²) in [5.41, 5.74) is 4.44. The molecule has 1 aromatic heterocycles. The van der Waals surface area contributed by atoms with Crippen molar-refractivity contribution in [3.05, 3.63) is 47.5 Å². The summed E-state index contributed by atoms with van der Waals surface area (Å²) >= 11 is 0. The van der Waals surface area contributed by atoms with E-state index in [1.165, 1.54) is 0 Å². The van der Waals surface area contributed by atoms with Crippen molar-refractivity contribution in [3.63, 3.8) is 0 Å². The fraction of sp³-hybridized carbons (Fsp3) is 0.391. The summed E-state index contributed by atoms with van der Waals surface area (Å²) in [4.78, 5) is 23.0. The molecule has 2 aromatic carbocycles. The quantitative estimate of drug-likeness (QED) is 0.588. The van der Waals surface area contributed by atoms with Gasteiger partial charge in [0.2, 0.25) is 0 Å². The van der Waals surface area contributed by atoms with Crippen LogP contribution in [0.2, 0.25) is 0 Å². The lowest BCUT2D eigenvalue weighted by Gasteiger charge is -2.26. The second kappa shape index (κ2) is 9.28. The van der Waals surface area contributed by atoms with E-state index in [4.69, 9.17) is 14.5 Å². The van der Waals surface area contributed by atoms with Crippen LogP contribution >= 0.6 is 0 Å². The van der Waals surface area contributed by atoms with Crippen LogP contribution in [0.25, 0.3) is 22.4 Å². The third-order valence-electron chi connectivity index (χ3n) is 5.47. The zero-order chi connectivity index (χ0) is 20.9. The van der Waals surface area contributed by atoms with Gasteiger partial charge in [0.15, 0.2) is 0 Å². The lowest BCUT2D eigenvalue weighted by Crippen LogP contribution is -2.38. The number of carbonyl (C=O) groups is 1. The maximum Gasteiger partial charge on any atom is 0.251 e. The molecule has 4 rings (SSSR count). The minimum absolute atomic E-state index is 0.0951. The van der Waals surface area contributed by atoms with Crippen molar-refractivity contribution in [2.75, 3.05) is 46.5 Å². The molecular weight excluding hydrogens is 380 g/mol. The van der Waals surface area contributed by atoms with Crippen LogP contribution in [0.5, 0.6) is 5.75 Å². The Labute approximate surface area is 176 Å². The molecule has 0 spiro atoms. The van der Waals surface area contributed by atoms with Crippen molar-refractivity contribution < 1.29 is 14.3 Å². The molecule has 0 saturated carbocycles. The smallest absolute Gasteiger partial charge is 0.251 e. The Bertz CT molecular complexity index is 1020. The fourth-order valence-electron chi connectivity index (χ4n) is 3.76. The number of carbonyl (C=O) groups excluding carboxylic acids is 1. The predicted octanol–water partition coefficient (Wildman–Crippen LogP) is 3.00. The lowest BCUT2D eigenvalue weighted by atomic mass is 10.1. The number of aryl methyl sites for hydroxylation is 1. The van der Waals surface area contributed by atoms with Crippen molar-refractivity contribution in [1.29, 1.82) is 0 Å². The summed E-state index contributed by atoms with van der Waals surface area (Å²) < 4.78 is 10.9. The van der Waals surface area contributed by atoms with Crippen molar-refractivity contribution in [2.24, 2.45) is 0 Å². The Morgan fingerprint density at radius 3 is 2.87 bits per heavy atom. The average Bonchev–Trinajstić information content (AvgIpc) is 3.22. The molecule has 7 nitrogen and oxygen atoms in total. The number of hydrogen-bond donors (Lipinski definition) is 2. The highest BCUT2D eigenvalue weighted by Crippen LogP contribution is 2.31. The normalized spacial score (nSPS) is 14.7. The van der Waals surface area contributed by atoms with Gasteiger partial charge in [-0.15, -0.1) is 0 Å². The zero-order valence-electron chi connectivity index (χ0n) is 17.5. The van der Waals surface area contributed by atoms with Crippen LogP contribution in [0.4, 0.5) is 0 Å². The van der Waals surface area contributed by atoms with Gasteiger partial charge in [-0.05, 0) is 49.7 Å². The van der Waals surface area contributed by atoms with Gasteiger partial charge in [0.05, 0.1) is 36.9 Å². The van der Waals surface area contributed by atoms with Crippen LogP contribution in [-0.2, 0) is 4.74 Å². The summed E-state index contributed by atoms with van der Waals surface area (Å²) in [6.45, 7) is 7.17. The number of aromatic amines is 1. The molecule has 158 valence electrons. The van der Waals surface area contributed by atoms with Gasteiger partial charge in [-0.3, -0.25) is 9.69 Å². The Morgan fingerprint density at radius 2 is 2.10 bits per heavy atom. The topological polar surface area (TPSA) is 79.5 Å². The molecule has 2 N–H and O–H groups in total. The first-order valence-electron chi connectivity index (χ1n) is 10.4. The monoisotopic (exact) mass is 408 g/mol. The molecule has 7 heteroatoms. The molecule has 2 heterocycles. The van der Waals surface area contributed by atoms with Gasteiger partial charge in [-0.2, -0.15) is 0 Å². The zero-order valence-corrected chi connectivity index (χ0v) is 17.5. The molecule has 0 aliphatic carbocycles. The predicted molar refractivity (Wildman–Crippen MR) is 117 cm³/mol. The molecule has 1 saturated heterocycles. The summed E-state index contributed by atoms with van der Waals surface area (Å²) in [5.74, 6) is 1.25. The molecule has 0 radical (unpaired) electrons. The third kappa shape index (κ3) is 4.47. The minimum atomic E-state index is -0.0951. The Kier molecular flexibility index (Phi) is 6.30. The summed E-state index contributed by atoms with van der Waals surface area (Å²) in [6.07, 6.45) is 0.916. The summed E-state index contributed by atoms with van der Waals surface area (Å²) in [7, 11) is 1.61. The van der Waals surface area contributed by atoms with Crippen molar-refractivity contribution in [1.82, 2.24) is 20.2 Å². The van der Waals surface area contributed by atoms with Gasteiger partial charge < -0.3 is 19.8 Å². The van der Waals surface area contributed by atoms with Gasteiger partial charge >= 0.3 is 0 Å². The number of nitrogens with one attached hydrogen (secondary N) is 2. The van der Waals surface area contributed by atoms with Crippen LogP contribution in [0, 0.1) is 6.92 Å². The van der Waals surface area contributed by atoms with Crippen LogP contribution < -0.4 is 10.1 Å². The van der Waals surface area contributed by atoms with Gasteiger partial charge in [-0.1, -0.05) is 12.1 Å². The van der Waals surface area contributed by atoms with E-state index in [0.29, 0.717) is 17.9 Å². The molecule has 3 aromatic rings. The molecule has 30 heavy (non-hydrogen) atoms. The average molecular weight is 409 g/mol. The Hall–Kier alpha value is -2.90. The highest BCUT2D eigenvalue weighted by atomic mass is 16.5. The summed E-state index contributed by atoms with van der Waals surface area (Å²) in [5, 5.41) is 3.00. The number of H-pyrrole nitrogens is 1. The number of ether oxygens (including phenoxy) is 2. The molecule has 0 atom stereocenters. The molecule has 1 aliphatic rings. The molecule has 0 unspecified atom stereocenters. The largest absolute Gasteiger partial charge is 0.496 e. The van der Waals surface area contributed by atoms with Gasteiger partial charge in [0.25, 0.3) is 5.91 Å². The van der Waals surface area contributed by atoms with E-state index in [0.717, 1.165) is 67.3 Å². The van der Waals surface area contributed by atoms with Crippen molar-refractivity contribution >= 4 is 16.9 Å². The number of para-hydroxylation sites is 1. The maximum absolute atomic E-state index is 12.6. The Morgan fingerprint density at radius 1 is 1.27 bits per heavy atom. The van der Waals surface area contributed by atoms with E-state index in [2.05, 4.69) is 15.2 Å². The number of amides is 1. The number of rotatable bonds is 7. The highest BCUT2D eigenvalue weighted by Gasteiger charge is 2.15. The maximum atomic E-state index is 12.6. The van der Waals surface area contributed by atoms with Gasteiger partial charge in [-0.25, -0.2) is 4.98 Å². The second-order valence-electron chi connectivity index (χ2n) is 7.54. The number of methoxy groups -OCH3 is 1. The number of benzene rings is 2.